The van der Waals surface area contributed by atoms with Gasteiger partial charge in [-0.05, 0) is 12.8 Å². The molecular weight excluding hydrogens is 373 g/mol. The summed E-state index contributed by atoms with van der Waals surface area (Å²) in [6, 6.07) is 0. The Morgan fingerprint density at radius 2 is 2.12 bits per heavy atom. The van der Waals surface area contributed by atoms with Gasteiger partial charge in [-0.15, -0.1) is 0 Å². The second-order valence-corrected chi connectivity index (χ2v) is 8.84. The van der Waals surface area contributed by atoms with Gasteiger partial charge in [0.05, 0.1) is 12.9 Å². The van der Waals surface area contributed by atoms with Crippen LogP contribution in [0.25, 0.3) is 0 Å². The zero-order valence-electron chi connectivity index (χ0n) is 14.0. The van der Waals surface area contributed by atoms with E-state index in [1.807, 2.05) is 0 Å². The molecule has 12 nitrogen and oxygen atoms in total. The predicted molar refractivity (Wildman–Crippen MR) is 86.2 cm³/mol. The van der Waals surface area contributed by atoms with E-state index in [0.717, 1.165) is 11.7 Å². The first-order valence-corrected chi connectivity index (χ1v) is 9.37. The van der Waals surface area contributed by atoms with Crippen molar-refractivity contribution in [3.05, 3.63) is 18.7 Å². The van der Waals surface area contributed by atoms with Crippen LogP contribution >= 0.6 is 7.72 Å². The molecule has 0 spiro atoms. The van der Waals surface area contributed by atoms with Crippen molar-refractivity contribution in [3.63, 3.8) is 0 Å². The molecule has 0 aliphatic heterocycles. The molecule has 0 bridgehead atoms. The van der Waals surface area contributed by atoms with Crippen LogP contribution < -0.4 is 5.73 Å². The third kappa shape index (κ3) is 2.98. The van der Waals surface area contributed by atoms with E-state index in [9.17, 15) is 35.2 Å². The van der Waals surface area contributed by atoms with Gasteiger partial charge < -0.3 is 30.4 Å². The summed E-state index contributed by atoms with van der Waals surface area (Å²) in [4.78, 5) is 41.7. The lowest BCUT2D eigenvalue weighted by atomic mass is 9.76. The number of nitrogens with two attached hydrogens (primary N) is 1. The average Bonchev–Trinajstić information content (AvgIpc) is 3.06. The lowest BCUT2D eigenvalue weighted by Crippen LogP contribution is -2.67. The van der Waals surface area contributed by atoms with Crippen LogP contribution in [0.1, 0.15) is 12.8 Å². The van der Waals surface area contributed by atoms with E-state index in [-0.39, 0.29) is 12.8 Å². The minimum atomic E-state index is -4.83. The fourth-order valence-corrected chi connectivity index (χ4v) is 5.94. The van der Waals surface area contributed by atoms with Crippen LogP contribution in [0.3, 0.4) is 0 Å². The van der Waals surface area contributed by atoms with Crippen molar-refractivity contribution in [2.45, 2.75) is 42.0 Å². The van der Waals surface area contributed by atoms with Crippen LogP contribution in [-0.2, 0) is 21.0 Å². The van der Waals surface area contributed by atoms with Gasteiger partial charge >= 0.3 is 19.0 Å². The van der Waals surface area contributed by atoms with Crippen molar-refractivity contribution >= 4 is 13.5 Å². The number of aromatic nitrogens is 2. The van der Waals surface area contributed by atoms with E-state index >= 15 is 0 Å². The molecule has 1 fully saturated rings. The molecule has 1 aromatic heterocycles. The monoisotopic (exact) mass is 396 g/mol. The number of carbonyl (C=O) groups excluding carboxylic acids is 1. The molecular formula is C13H23N3O9P+. The number of hydrogen-bond acceptors (Lipinski definition) is 11. The van der Waals surface area contributed by atoms with Gasteiger partial charge in [0.1, 0.15) is 6.54 Å². The standard InChI is InChI=1S/C13H22N3O9P/c1-24-13(19,20)12(18,7-16-5-4-15-8-16)26(22,23)10-2-3-11(10,25-21)9(17)6-14/h4-5,8,10,18-20,22-23H,2-3,6-7,14H2,1H3/p+1. The Hall–Kier alpha value is -1.05. The summed E-state index contributed by atoms with van der Waals surface area (Å²) in [5, 5.41) is 37.4. The van der Waals surface area contributed by atoms with Crippen LogP contribution in [0, 0.1) is 0 Å². The number of nitrogens with zero attached hydrogens (tertiary/aromatic N) is 2. The number of ether oxygens (including phenoxy) is 1. The Morgan fingerprint density at radius 3 is 2.50 bits per heavy atom. The molecule has 2 rings (SSSR count). The quantitative estimate of drug-likeness (QED) is 0.102. The van der Waals surface area contributed by atoms with E-state index in [1.54, 1.807) is 0 Å². The molecule has 3 atom stereocenters. The first-order valence-electron chi connectivity index (χ1n) is 7.60. The van der Waals surface area contributed by atoms with Gasteiger partial charge in [0.25, 0.3) is 0 Å². The molecule has 3 unspecified atom stereocenters. The normalized spacial score (nSPS) is 26.2. The highest BCUT2D eigenvalue weighted by Crippen LogP contribution is 2.74. The minimum Gasteiger partial charge on any atom is -0.345 e. The van der Waals surface area contributed by atoms with E-state index < -0.39 is 49.2 Å². The number of ketones is 1. The molecule has 0 saturated heterocycles. The molecule has 1 aliphatic rings. The van der Waals surface area contributed by atoms with Crippen LogP contribution in [0.2, 0.25) is 0 Å². The molecule has 26 heavy (non-hydrogen) atoms. The predicted octanol–water partition coefficient (Wildman–Crippen LogP) is -2.39. The van der Waals surface area contributed by atoms with E-state index in [0.29, 0.717) is 0 Å². The molecule has 0 amide bonds. The van der Waals surface area contributed by atoms with E-state index in [2.05, 4.69) is 14.6 Å². The van der Waals surface area contributed by atoms with Gasteiger partial charge in [0.2, 0.25) is 5.60 Å². The lowest BCUT2D eigenvalue weighted by molar-refractivity contribution is -0.385. The highest BCUT2D eigenvalue weighted by Gasteiger charge is 2.80. The average molecular weight is 396 g/mol. The number of carbonyl (C=O) groups is 1. The Balaban J connectivity index is 2.50. The molecule has 8 N–H and O–H groups in total. The van der Waals surface area contributed by atoms with Crippen LogP contribution in [0.4, 0.5) is 0 Å². The molecule has 1 heterocycles. The van der Waals surface area contributed by atoms with Crippen molar-refractivity contribution in [2.75, 3.05) is 13.7 Å². The maximum atomic E-state index is 12.1. The SMILES string of the molecule is COC(O)(O)C(O)(Cn1ccnc1)[P+](O)(O)C1CCC1(OO)C(=O)CN. The maximum absolute atomic E-state index is 12.1. The minimum absolute atomic E-state index is 0.0564. The number of hydrogen-bond donors (Lipinski definition) is 7. The van der Waals surface area contributed by atoms with Gasteiger partial charge in [-0.1, -0.05) is 0 Å². The van der Waals surface area contributed by atoms with Gasteiger partial charge in [-0.2, -0.15) is 0 Å². The highest BCUT2D eigenvalue weighted by atomic mass is 31.2. The van der Waals surface area contributed by atoms with Crippen molar-refractivity contribution in [1.82, 2.24) is 9.55 Å². The summed E-state index contributed by atoms with van der Waals surface area (Å²) in [5.74, 6) is -4.23. The highest BCUT2D eigenvalue weighted by molar-refractivity contribution is 7.67. The lowest BCUT2D eigenvalue weighted by Gasteiger charge is -2.49. The van der Waals surface area contributed by atoms with Gasteiger partial charge in [-0.25, -0.2) is 19.7 Å². The van der Waals surface area contributed by atoms with Crippen LogP contribution in [-0.4, -0.2) is 81.9 Å². The maximum Gasteiger partial charge on any atom is 0.353 e. The largest absolute Gasteiger partial charge is 0.353 e. The number of imidazole rings is 1. The topological polar surface area (TPSA) is 201 Å². The summed E-state index contributed by atoms with van der Waals surface area (Å²) < 4.78 is 5.63. The Bertz CT molecular complexity index is 637. The van der Waals surface area contributed by atoms with Gasteiger partial charge in [0, 0.05) is 19.5 Å². The van der Waals surface area contributed by atoms with E-state index in [1.165, 1.54) is 18.7 Å². The van der Waals surface area contributed by atoms with Crippen molar-refractivity contribution in [2.24, 2.45) is 5.73 Å². The van der Waals surface area contributed by atoms with Crippen LogP contribution in [0.5, 0.6) is 0 Å². The summed E-state index contributed by atoms with van der Waals surface area (Å²) in [7, 11) is -4.00. The second kappa shape index (κ2) is 7.17. The first kappa shape index (κ1) is 21.3. The molecule has 148 valence electrons. The van der Waals surface area contributed by atoms with Gasteiger partial charge in [0.15, 0.2) is 11.4 Å². The Kier molecular flexibility index (Phi) is 5.86. The van der Waals surface area contributed by atoms with Crippen molar-refractivity contribution < 1.29 is 44.8 Å². The third-order valence-corrected chi connectivity index (χ3v) is 7.96. The summed E-state index contributed by atoms with van der Waals surface area (Å²) in [5.41, 5.74) is 1.69. The molecule has 1 saturated carbocycles. The fourth-order valence-electron chi connectivity index (χ4n) is 3.14. The third-order valence-electron chi connectivity index (χ3n) is 4.90. The summed E-state index contributed by atoms with van der Waals surface area (Å²) >= 11 is 0. The number of Topliss-reactive ketones (excluding diaryl/α,β-unsaturated/α-hetero) is 1. The zero-order valence-corrected chi connectivity index (χ0v) is 14.9. The van der Waals surface area contributed by atoms with Gasteiger partial charge in [-0.3, -0.25) is 10.1 Å². The molecule has 0 aromatic carbocycles. The Morgan fingerprint density at radius 1 is 1.46 bits per heavy atom. The second-order valence-electron chi connectivity index (χ2n) is 6.18. The summed E-state index contributed by atoms with van der Waals surface area (Å²) in [6.07, 6.45) is 3.70. The zero-order chi connectivity index (χ0) is 19.8. The number of aliphatic hydroxyl groups is 3. The first-order chi connectivity index (χ1) is 12.0. The van der Waals surface area contributed by atoms with E-state index in [4.69, 9.17) is 5.73 Å². The number of rotatable bonds is 9. The fraction of sp³-hybridized carbons (Fsp3) is 0.692. The van der Waals surface area contributed by atoms with Crippen molar-refractivity contribution in [1.29, 1.82) is 0 Å². The van der Waals surface area contributed by atoms with Crippen molar-refractivity contribution in [3.8, 4) is 0 Å². The molecule has 1 aromatic rings. The number of methoxy groups -OCH3 is 1. The summed E-state index contributed by atoms with van der Waals surface area (Å²) in [6.45, 7) is -1.31. The van der Waals surface area contributed by atoms with Crippen LogP contribution in [0.15, 0.2) is 18.7 Å². The molecule has 1 aliphatic carbocycles. The molecule has 13 heteroatoms. The molecule has 0 radical (unpaired) electrons. The smallest absolute Gasteiger partial charge is 0.345 e. The Labute approximate surface area is 148 Å².